The number of sulfonamides is 1. The summed E-state index contributed by atoms with van der Waals surface area (Å²) in [5, 5.41) is 9.76. The topological polar surface area (TPSA) is 126 Å². The van der Waals surface area contributed by atoms with E-state index in [9.17, 15) is 13.2 Å². The predicted molar refractivity (Wildman–Crippen MR) is 92.9 cm³/mol. The molecular weight excluding hydrogens is 358 g/mol. The van der Waals surface area contributed by atoms with E-state index in [4.69, 9.17) is 4.52 Å². The molecule has 1 aromatic carbocycles. The first-order chi connectivity index (χ1) is 12.5. The van der Waals surface area contributed by atoms with Gasteiger partial charge < -0.3 is 15.2 Å². The van der Waals surface area contributed by atoms with E-state index in [-0.39, 0.29) is 29.2 Å². The molecule has 1 aliphatic rings. The van der Waals surface area contributed by atoms with Gasteiger partial charge in [-0.1, -0.05) is 18.1 Å². The molecule has 0 radical (unpaired) electrons. The number of carbonyl (C=O) groups excluding carboxylic acids is 1. The Balaban J connectivity index is 1.67. The van der Waals surface area contributed by atoms with E-state index < -0.39 is 10.0 Å². The molecule has 0 spiro atoms. The monoisotopic (exact) mass is 379 g/mol. The molecule has 0 aliphatic carbocycles. The SMILES string of the molecule is CCc1nc(CNS(=O)(=O)c2cccc(C(=O)N[C@H]3CCNC3)c2)no1. The van der Waals surface area contributed by atoms with Gasteiger partial charge >= 0.3 is 0 Å². The second-order valence-corrected chi connectivity index (χ2v) is 7.74. The van der Waals surface area contributed by atoms with E-state index in [1.54, 1.807) is 12.1 Å². The van der Waals surface area contributed by atoms with Crippen molar-refractivity contribution >= 4 is 15.9 Å². The van der Waals surface area contributed by atoms with Crippen molar-refractivity contribution in [3.63, 3.8) is 0 Å². The summed E-state index contributed by atoms with van der Waals surface area (Å²) >= 11 is 0. The van der Waals surface area contributed by atoms with Crippen molar-refractivity contribution < 1.29 is 17.7 Å². The third-order valence-corrected chi connectivity index (χ3v) is 5.43. The number of aromatic nitrogens is 2. The van der Waals surface area contributed by atoms with Crippen LogP contribution in [0.5, 0.6) is 0 Å². The Morgan fingerprint density at radius 2 is 2.27 bits per heavy atom. The number of benzene rings is 1. The summed E-state index contributed by atoms with van der Waals surface area (Å²) in [4.78, 5) is 16.4. The molecule has 1 aromatic heterocycles. The number of rotatable bonds is 7. The highest BCUT2D eigenvalue weighted by molar-refractivity contribution is 7.89. The van der Waals surface area contributed by atoms with Crippen LogP contribution >= 0.6 is 0 Å². The number of hydrogen-bond acceptors (Lipinski definition) is 7. The number of nitrogens with one attached hydrogen (secondary N) is 3. The number of aryl methyl sites for hydroxylation is 1. The zero-order chi connectivity index (χ0) is 18.6. The predicted octanol–water partition coefficient (Wildman–Crippen LogP) is 0.202. The minimum absolute atomic E-state index is 0.00825. The molecule has 0 bridgehead atoms. The highest BCUT2D eigenvalue weighted by Gasteiger charge is 2.20. The normalized spacial score (nSPS) is 17.3. The lowest BCUT2D eigenvalue weighted by molar-refractivity contribution is 0.0940. The summed E-state index contributed by atoms with van der Waals surface area (Å²) in [7, 11) is -3.80. The quantitative estimate of drug-likeness (QED) is 0.627. The first-order valence-electron chi connectivity index (χ1n) is 8.40. The lowest BCUT2D eigenvalue weighted by Crippen LogP contribution is -2.36. The molecular formula is C16H21N5O4S. The lowest BCUT2D eigenvalue weighted by atomic mass is 10.2. The maximum Gasteiger partial charge on any atom is 0.251 e. The fourth-order valence-corrected chi connectivity index (χ4v) is 3.63. The maximum absolute atomic E-state index is 12.5. The second kappa shape index (κ2) is 7.94. The number of nitrogens with zero attached hydrogens (tertiary/aromatic N) is 2. The molecule has 1 saturated heterocycles. The van der Waals surface area contributed by atoms with Crippen molar-refractivity contribution in [3.05, 3.63) is 41.5 Å². The first-order valence-corrected chi connectivity index (χ1v) is 9.89. The van der Waals surface area contributed by atoms with Crippen LogP contribution in [0.25, 0.3) is 0 Å². The Kier molecular flexibility index (Phi) is 5.64. The van der Waals surface area contributed by atoms with Crippen LogP contribution in [0, 0.1) is 0 Å². The third-order valence-electron chi connectivity index (χ3n) is 4.03. The zero-order valence-electron chi connectivity index (χ0n) is 14.4. The van der Waals surface area contributed by atoms with Gasteiger partial charge in [-0.05, 0) is 31.2 Å². The van der Waals surface area contributed by atoms with Crippen molar-refractivity contribution in [1.29, 1.82) is 0 Å². The fraction of sp³-hybridized carbons (Fsp3) is 0.438. The van der Waals surface area contributed by atoms with Crippen molar-refractivity contribution in [2.24, 2.45) is 0 Å². The maximum atomic E-state index is 12.5. The molecule has 1 atom stereocenters. The van der Waals surface area contributed by atoms with Crippen LogP contribution in [-0.2, 0) is 23.0 Å². The molecule has 1 fully saturated rings. The van der Waals surface area contributed by atoms with Crippen LogP contribution in [0.1, 0.15) is 35.4 Å². The second-order valence-electron chi connectivity index (χ2n) is 5.97. The highest BCUT2D eigenvalue weighted by Crippen LogP contribution is 2.13. The van der Waals surface area contributed by atoms with Gasteiger partial charge in [0.25, 0.3) is 5.91 Å². The molecule has 1 aliphatic heterocycles. The average Bonchev–Trinajstić information content (AvgIpc) is 3.31. The third kappa shape index (κ3) is 4.45. The van der Waals surface area contributed by atoms with Crippen LogP contribution in [0.3, 0.4) is 0 Å². The van der Waals surface area contributed by atoms with Gasteiger partial charge in [-0.3, -0.25) is 4.79 Å². The molecule has 26 heavy (non-hydrogen) atoms. The summed E-state index contributed by atoms with van der Waals surface area (Å²) in [6.07, 6.45) is 1.43. The van der Waals surface area contributed by atoms with Crippen LogP contribution in [0.4, 0.5) is 0 Å². The fourth-order valence-electron chi connectivity index (χ4n) is 2.60. The van der Waals surface area contributed by atoms with Crippen LogP contribution < -0.4 is 15.4 Å². The molecule has 3 N–H and O–H groups in total. The van der Waals surface area contributed by atoms with Gasteiger partial charge in [-0.15, -0.1) is 0 Å². The summed E-state index contributed by atoms with van der Waals surface area (Å²) in [6.45, 7) is 3.35. The first kappa shape index (κ1) is 18.5. The Hall–Kier alpha value is -2.30. The summed E-state index contributed by atoms with van der Waals surface area (Å²) in [6, 6.07) is 5.98. The molecule has 0 unspecified atom stereocenters. The van der Waals surface area contributed by atoms with E-state index >= 15 is 0 Å². The van der Waals surface area contributed by atoms with Crippen molar-refractivity contribution in [2.45, 2.75) is 37.2 Å². The number of carbonyl (C=O) groups is 1. The van der Waals surface area contributed by atoms with Gasteiger partial charge in [-0.2, -0.15) is 4.98 Å². The minimum atomic E-state index is -3.80. The van der Waals surface area contributed by atoms with Gasteiger partial charge in [0.05, 0.1) is 11.4 Å². The van der Waals surface area contributed by atoms with Crippen molar-refractivity contribution in [2.75, 3.05) is 13.1 Å². The van der Waals surface area contributed by atoms with Gasteiger partial charge in [0.15, 0.2) is 5.82 Å². The molecule has 10 heteroatoms. The van der Waals surface area contributed by atoms with Gasteiger partial charge in [0, 0.05) is 24.6 Å². The smallest absolute Gasteiger partial charge is 0.251 e. The van der Waals surface area contributed by atoms with E-state index in [2.05, 4.69) is 25.5 Å². The highest BCUT2D eigenvalue weighted by atomic mass is 32.2. The molecule has 140 valence electrons. The van der Waals surface area contributed by atoms with Gasteiger partial charge in [-0.25, -0.2) is 13.1 Å². The Bertz CT molecular complexity index is 874. The molecule has 2 heterocycles. The van der Waals surface area contributed by atoms with Crippen LogP contribution in [0.2, 0.25) is 0 Å². The summed E-state index contributed by atoms with van der Waals surface area (Å²) in [5.74, 6) is 0.411. The Morgan fingerprint density at radius 3 is 2.96 bits per heavy atom. The van der Waals surface area contributed by atoms with E-state index in [0.29, 0.717) is 17.9 Å². The number of amides is 1. The molecule has 1 amide bonds. The van der Waals surface area contributed by atoms with Gasteiger partial charge in [0.1, 0.15) is 0 Å². The van der Waals surface area contributed by atoms with Crippen LogP contribution in [0.15, 0.2) is 33.7 Å². The van der Waals surface area contributed by atoms with Gasteiger partial charge in [0.2, 0.25) is 15.9 Å². The van der Waals surface area contributed by atoms with Crippen LogP contribution in [-0.4, -0.2) is 43.6 Å². The largest absolute Gasteiger partial charge is 0.348 e. The average molecular weight is 379 g/mol. The summed E-state index contributed by atoms with van der Waals surface area (Å²) in [5.41, 5.74) is 0.299. The van der Waals surface area contributed by atoms with Crippen molar-refractivity contribution in [1.82, 2.24) is 25.5 Å². The standard InChI is InChI=1S/C16H21N5O4S/c1-2-15-20-14(21-25-15)10-18-26(23,24)13-5-3-4-11(8-13)16(22)19-12-6-7-17-9-12/h3-5,8,12,17-18H,2,6-7,9-10H2,1H3,(H,19,22)/t12-/m0/s1. The Labute approximate surface area is 151 Å². The molecule has 0 saturated carbocycles. The molecule has 9 nitrogen and oxygen atoms in total. The van der Waals surface area contributed by atoms with E-state index in [0.717, 1.165) is 19.5 Å². The minimum Gasteiger partial charge on any atom is -0.348 e. The molecule has 3 rings (SSSR count). The number of hydrogen-bond donors (Lipinski definition) is 3. The molecule has 2 aromatic rings. The van der Waals surface area contributed by atoms with E-state index in [1.165, 1.54) is 12.1 Å². The van der Waals surface area contributed by atoms with E-state index in [1.807, 2.05) is 6.92 Å². The Morgan fingerprint density at radius 1 is 1.42 bits per heavy atom. The zero-order valence-corrected chi connectivity index (χ0v) is 15.2. The summed E-state index contributed by atoms with van der Waals surface area (Å²) < 4.78 is 32.3. The lowest BCUT2D eigenvalue weighted by Gasteiger charge is -2.12. The van der Waals surface area contributed by atoms with Crippen molar-refractivity contribution in [3.8, 4) is 0 Å².